The van der Waals surface area contributed by atoms with Crippen molar-refractivity contribution in [1.82, 2.24) is 0 Å². The average Bonchev–Trinajstić information content (AvgIpc) is 2.03. The normalized spacial score (nSPS) is 11.5. The minimum atomic E-state index is -4.28. The van der Waals surface area contributed by atoms with E-state index < -0.39 is 11.7 Å². The molecule has 0 heterocycles. The van der Waals surface area contributed by atoms with Gasteiger partial charge in [0.05, 0.1) is 5.56 Å². The van der Waals surface area contributed by atoms with Crippen LogP contribution in [-0.2, 0) is 6.18 Å². The third kappa shape index (κ3) is 2.37. The van der Waals surface area contributed by atoms with Crippen LogP contribution in [0.25, 0.3) is 0 Å². The highest BCUT2D eigenvalue weighted by Gasteiger charge is 2.29. The molecule has 1 nitrogen and oxygen atoms in total. The van der Waals surface area contributed by atoms with Gasteiger partial charge in [0, 0.05) is 25.8 Å². The summed E-state index contributed by atoms with van der Waals surface area (Å²) in [6, 6.07) is 5.94. The molecule has 0 aliphatic heterocycles. The van der Waals surface area contributed by atoms with Crippen molar-refractivity contribution in [2.24, 2.45) is 0 Å². The topological polar surface area (TPSA) is 3.24 Å². The van der Waals surface area contributed by atoms with Gasteiger partial charge in [0.1, 0.15) is 0 Å². The summed E-state index contributed by atoms with van der Waals surface area (Å²) in [4.78, 5) is 1.69. The Morgan fingerprint density at radius 3 is 2.15 bits per heavy atom. The zero-order valence-corrected chi connectivity index (χ0v) is 7.31. The van der Waals surface area contributed by atoms with E-state index in [-0.39, 0.29) is 0 Å². The minimum absolute atomic E-state index is 0.632. The molecule has 0 unspecified atom stereocenters. The fourth-order valence-electron chi connectivity index (χ4n) is 0.871. The lowest BCUT2D eigenvalue weighted by Crippen LogP contribution is -2.10. The number of benzene rings is 1. The molecule has 1 radical (unpaired) electrons. The highest BCUT2D eigenvalue weighted by Crippen LogP contribution is 2.29. The molecule has 0 fully saturated rings. The quantitative estimate of drug-likeness (QED) is 0.654. The number of anilines is 1. The second-order valence-electron chi connectivity index (χ2n) is 2.85. The van der Waals surface area contributed by atoms with Gasteiger partial charge >= 0.3 is 6.18 Å². The Morgan fingerprint density at radius 2 is 1.85 bits per heavy atom. The van der Waals surface area contributed by atoms with E-state index in [0.29, 0.717) is 5.69 Å². The van der Waals surface area contributed by atoms with Crippen LogP contribution >= 0.6 is 0 Å². The molecule has 0 aromatic heterocycles. The maximum Gasteiger partial charge on any atom is 0.416 e. The number of hydrogen-bond acceptors (Lipinski definition) is 1. The van der Waals surface area contributed by atoms with E-state index in [9.17, 15) is 13.2 Å². The molecule has 4 heteroatoms. The van der Waals surface area contributed by atoms with Crippen LogP contribution in [0, 0.1) is 6.07 Å². The largest absolute Gasteiger partial charge is 0.416 e. The first-order chi connectivity index (χ1) is 5.91. The summed E-state index contributed by atoms with van der Waals surface area (Å²) in [5.41, 5.74) is -0.0360. The molecule has 0 saturated carbocycles. The van der Waals surface area contributed by atoms with Crippen molar-refractivity contribution in [3.63, 3.8) is 0 Å². The summed E-state index contributed by atoms with van der Waals surface area (Å²) < 4.78 is 36.3. The van der Waals surface area contributed by atoms with Crippen LogP contribution in [0.3, 0.4) is 0 Å². The molecule has 0 aliphatic rings. The van der Waals surface area contributed by atoms with Gasteiger partial charge in [-0.25, -0.2) is 0 Å². The number of alkyl halides is 3. The fourth-order valence-corrected chi connectivity index (χ4v) is 0.871. The maximum atomic E-state index is 12.1. The van der Waals surface area contributed by atoms with Crippen molar-refractivity contribution >= 4 is 5.69 Å². The molecular weight excluding hydrogens is 179 g/mol. The van der Waals surface area contributed by atoms with E-state index in [1.807, 2.05) is 0 Å². The van der Waals surface area contributed by atoms with Gasteiger partial charge in [-0.1, -0.05) is 0 Å². The van der Waals surface area contributed by atoms with Crippen molar-refractivity contribution in [2.45, 2.75) is 6.18 Å². The van der Waals surface area contributed by atoms with Crippen molar-refractivity contribution in [3.05, 3.63) is 29.8 Å². The molecule has 13 heavy (non-hydrogen) atoms. The molecule has 1 aromatic rings. The molecule has 0 spiro atoms. The Morgan fingerprint density at radius 1 is 1.23 bits per heavy atom. The fraction of sp³-hybridized carbons (Fsp3) is 0.333. The van der Waals surface area contributed by atoms with Gasteiger partial charge in [-0.2, -0.15) is 13.2 Å². The summed E-state index contributed by atoms with van der Waals surface area (Å²) in [5, 5.41) is 0. The second kappa shape index (κ2) is 3.28. The Hall–Kier alpha value is -1.19. The van der Waals surface area contributed by atoms with Crippen molar-refractivity contribution < 1.29 is 13.2 Å². The van der Waals surface area contributed by atoms with Crippen LogP contribution in [0.5, 0.6) is 0 Å². The maximum absolute atomic E-state index is 12.1. The average molecular weight is 188 g/mol. The number of nitrogens with zero attached hydrogens (tertiary/aromatic N) is 1. The van der Waals surface area contributed by atoms with Gasteiger partial charge in [0.25, 0.3) is 0 Å². The van der Waals surface area contributed by atoms with Gasteiger partial charge in [0.2, 0.25) is 0 Å². The number of hydrogen-bond donors (Lipinski definition) is 0. The molecular formula is C9H9F3N. The Labute approximate surface area is 74.8 Å². The smallest absolute Gasteiger partial charge is 0.377 e. The van der Waals surface area contributed by atoms with E-state index in [2.05, 4.69) is 6.07 Å². The summed E-state index contributed by atoms with van der Waals surface area (Å²) in [7, 11) is 3.50. The van der Waals surface area contributed by atoms with E-state index >= 15 is 0 Å². The third-order valence-electron chi connectivity index (χ3n) is 1.61. The van der Waals surface area contributed by atoms with Crippen LogP contribution < -0.4 is 4.90 Å². The van der Waals surface area contributed by atoms with Crippen molar-refractivity contribution in [1.29, 1.82) is 0 Å². The van der Waals surface area contributed by atoms with E-state index in [1.165, 1.54) is 6.07 Å². The van der Waals surface area contributed by atoms with Crippen LogP contribution in [-0.4, -0.2) is 14.1 Å². The monoisotopic (exact) mass is 188 g/mol. The number of rotatable bonds is 1. The minimum Gasteiger partial charge on any atom is -0.377 e. The molecule has 0 amide bonds. The van der Waals surface area contributed by atoms with Crippen molar-refractivity contribution in [2.75, 3.05) is 19.0 Å². The molecule has 0 saturated heterocycles. The van der Waals surface area contributed by atoms with Crippen LogP contribution in [0.2, 0.25) is 0 Å². The Balaban J connectivity index is 2.94. The molecule has 71 valence electrons. The highest BCUT2D eigenvalue weighted by molar-refractivity contribution is 5.45. The first-order valence-electron chi connectivity index (χ1n) is 3.67. The van der Waals surface area contributed by atoms with E-state index in [1.54, 1.807) is 19.0 Å². The SMILES string of the molecule is CN(C)c1[c]cc(C(F)(F)F)cc1. The van der Waals surface area contributed by atoms with Gasteiger partial charge in [-0.3, -0.25) is 0 Å². The summed E-state index contributed by atoms with van der Waals surface area (Å²) in [6.07, 6.45) is -4.28. The summed E-state index contributed by atoms with van der Waals surface area (Å²) in [5.74, 6) is 0. The predicted octanol–water partition coefficient (Wildman–Crippen LogP) is 2.57. The lowest BCUT2D eigenvalue weighted by atomic mass is 10.2. The van der Waals surface area contributed by atoms with Gasteiger partial charge < -0.3 is 4.90 Å². The Kier molecular flexibility index (Phi) is 2.50. The first kappa shape index (κ1) is 9.89. The van der Waals surface area contributed by atoms with Crippen molar-refractivity contribution in [3.8, 4) is 0 Å². The van der Waals surface area contributed by atoms with Crippen LogP contribution in [0.4, 0.5) is 18.9 Å². The summed E-state index contributed by atoms with van der Waals surface area (Å²) in [6.45, 7) is 0. The summed E-state index contributed by atoms with van der Waals surface area (Å²) >= 11 is 0. The molecule has 0 atom stereocenters. The molecule has 1 aromatic carbocycles. The van der Waals surface area contributed by atoms with Crippen LogP contribution in [0.1, 0.15) is 5.56 Å². The lowest BCUT2D eigenvalue weighted by Gasteiger charge is -2.13. The zero-order chi connectivity index (χ0) is 10.1. The predicted molar refractivity (Wildman–Crippen MR) is 44.6 cm³/mol. The zero-order valence-electron chi connectivity index (χ0n) is 7.31. The molecule has 1 rings (SSSR count). The van der Waals surface area contributed by atoms with E-state index in [0.717, 1.165) is 12.1 Å². The highest BCUT2D eigenvalue weighted by atomic mass is 19.4. The van der Waals surface area contributed by atoms with Gasteiger partial charge in [-0.05, 0) is 18.2 Å². The van der Waals surface area contributed by atoms with Gasteiger partial charge in [0.15, 0.2) is 0 Å². The molecule has 0 N–H and O–H groups in total. The molecule has 0 aliphatic carbocycles. The van der Waals surface area contributed by atoms with Gasteiger partial charge in [-0.15, -0.1) is 0 Å². The van der Waals surface area contributed by atoms with Crippen LogP contribution in [0.15, 0.2) is 18.2 Å². The first-order valence-corrected chi connectivity index (χ1v) is 3.67. The lowest BCUT2D eigenvalue weighted by molar-refractivity contribution is -0.137. The number of halogens is 3. The Bertz CT molecular complexity index is 274. The second-order valence-corrected chi connectivity index (χ2v) is 2.85. The third-order valence-corrected chi connectivity index (χ3v) is 1.61. The molecule has 0 bridgehead atoms. The van der Waals surface area contributed by atoms with E-state index in [4.69, 9.17) is 0 Å². The standard InChI is InChI=1S/C9H9F3N/c1-13(2)8-5-3-7(4-6-8)9(10,11)12/h3-5H,1-2H3.